The van der Waals surface area contributed by atoms with Crippen LogP contribution in [0.1, 0.15) is 0 Å². The maximum atomic E-state index is 7.13. The Labute approximate surface area is 63.7 Å². The molecule has 5 heteroatoms. The number of hydrogen-bond donors (Lipinski definition) is 0. The second kappa shape index (κ2) is 45.4. The fraction of sp³-hybridized carbons (Fsp3) is 0. The van der Waals surface area contributed by atoms with E-state index in [4.69, 9.17) is 5.26 Å². The molecule has 0 rings (SSSR count). The molecule has 0 spiro atoms. The van der Waals surface area contributed by atoms with E-state index in [0.717, 1.165) is 0 Å². The third-order valence-corrected chi connectivity index (χ3v) is 0. The Morgan fingerprint density at radius 2 is 1.33 bits per heavy atom. The average Bonchev–Trinajstić information content (AvgIpc) is 0.918. The van der Waals surface area contributed by atoms with E-state index in [-0.39, 0.29) is 40.5 Å². The van der Waals surface area contributed by atoms with Gasteiger partial charge in [-0.05, 0) is 0 Å². The maximum absolute atomic E-state index is 7.13. The molecule has 3 nitrogen and oxygen atoms in total. The van der Waals surface area contributed by atoms with Crippen LogP contribution in [0, 0.1) is 10.7 Å². The Kier molecular flexibility index (Phi) is 230. The van der Waals surface area contributed by atoms with Crippen LogP contribution in [0.15, 0.2) is 0 Å². The molecule has 0 bridgehead atoms. The van der Waals surface area contributed by atoms with Crippen molar-refractivity contribution < 1.29 is 40.5 Å². The van der Waals surface area contributed by atoms with E-state index in [2.05, 4.69) is 12.6 Å². The van der Waals surface area contributed by atoms with Gasteiger partial charge in [-0.25, -0.2) is 5.26 Å². The summed E-state index contributed by atoms with van der Waals surface area (Å²) in [5, 5.41) is 8.47. The number of nitriles is 1. The van der Waals surface area contributed by atoms with Gasteiger partial charge in [0.1, 0.15) is 0 Å². The summed E-state index contributed by atoms with van der Waals surface area (Å²) in [7, 11) is 0. The van der Waals surface area contributed by atoms with Crippen molar-refractivity contribution in [3.05, 3.63) is 0 Å². The molecule has 0 aromatic rings. The summed E-state index contributed by atoms with van der Waals surface area (Å²) in [6.07, 6.45) is 0. The molecule has 0 aromatic heterocycles. The minimum atomic E-state index is 0. The SMILES string of the molecule is N#C[S-].O.O.[Na+]. The summed E-state index contributed by atoms with van der Waals surface area (Å²) in [5.41, 5.74) is 0. The molecule has 0 aromatic carbocycles. The monoisotopic (exact) mass is 117 g/mol. The predicted octanol–water partition coefficient (Wildman–Crippen LogP) is -4.63. The van der Waals surface area contributed by atoms with Crippen molar-refractivity contribution in [3.63, 3.8) is 0 Å². The quantitative estimate of drug-likeness (QED) is 0.181. The van der Waals surface area contributed by atoms with E-state index in [1.165, 1.54) is 5.40 Å². The van der Waals surface area contributed by atoms with E-state index in [9.17, 15) is 0 Å². The maximum Gasteiger partial charge on any atom is 1.00 e. The molecule has 0 saturated heterocycles. The van der Waals surface area contributed by atoms with Crippen molar-refractivity contribution in [2.45, 2.75) is 0 Å². The first-order valence-electron chi connectivity index (χ1n) is 0.428. The molecule has 0 aliphatic carbocycles. The van der Waals surface area contributed by atoms with Gasteiger partial charge in [0, 0.05) is 0 Å². The van der Waals surface area contributed by atoms with Gasteiger partial charge in [-0.3, -0.25) is 0 Å². The summed E-state index contributed by atoms with van der Waals surface area (Å²) in [6, 6.07) is 0. The second-order valence-corrected chi connectivity index (χ2v) is 0.274. The van der Waals surface area contributed by atoms with Gasteiger partial charge < -0.3 is 23.6 Å². The Hall–Kier alpha value is 0.630. The average molecular weight is 117 g/mol. The zero-order chi connectivity index (χ0) is 2.71. The topological polar surface area (TPSA) is 86.8 Å². The van der Waals surface area contributed by atoms with E-state index >= 15 is 0 Å². The molecule has 0 unspecified atom stereocenters. The van der Waals surface area contributed by atoms with Crippen LogP contribution >= 0.6 is 0 Å². The van der Waals surface area contributed by atoms with Gasteiger partial charge in [0.25, 0.3) is 0 Å². The molecule has 0 saturated carbocycles. The molecule has 0 amide bonds. The Bertz CT molecular complexity index is 35.0. The molecular weight excluding hydrogens is 113 g/mol. The van der Waals surface area contributed by atoms with Crippen LogP contribution in [-0.2, 0) is 12.6 Å². The number of rotatable bonds is 0. The molecule has 0 atom stereocenters. The molecular formula is CH4NNaO2S. The Balaban J connectivity index is -0.00000000667. The van der Waals surface area contributed by atoms with Crippen molar-refractivity contribution in [1.82, 2.24) is 0 Å². The van der Waals surface area contributed by atoms with Gasteiger partial charge in [-0.2, -0.15) is 0 Å². The van der Waals surface area contributed by atoms with Crippen LogP contribution in [0.4, 0.5) is 0 Å². The third-order valence-electron chi connectivity index (χ3n) is 0. The van der Waals surface area contributed by atoms with Gasteiger partial charge >= 0.3 is 29.6 Å². The Morgan fingerprint density at radius 1 is 1.33 bits per heavy atom. The van der Waals surface area contributed by atoms with Crippen molar-refractivity contribution >= 4 is 12.6 Å². The van der Waals surface area contributed by atoms with Gasteiger partial charge in [-0.15, -0.1) is 0 Å². The van der Waals surface area contributed by atoms with Crippen molar-refractivity contribution in [1.29, 1.82) is 5.26 Å². The van der Waals surface area contributed by atoms with Crippen molar-refractivity contribution in [2.75, 3.05) is 0 Å². The van der Waals surface area contributed by atoms with Gasteiger partial charge in [0.15, 0.2) is 0 Å². The fourth-order valence-electron chi connectivity index (χ4n) is 0. The smallest absolute Gasteiger partial charge is 0.696 e. The first-order chi connectivity index (χ1) is 1.41. The van der Waals surface area contributed by atoms with Crippen molar-refractivity contribution in [2.24, 2.45) is 0 Å². The molecule has 0 aliphatic rings. The summed E-state index contributed by atoms with van der Waals surface area (Å²) < 4.78 is 0. The minimum Gasteiger partial charge on any atom is -0.696 e. The fourth-order valence-corrected chi connectivity index (χ4v) is 0. The van der Waals surface area contributed by atoms with Gasteiger partial charge in [0.2, 0.25) is 0 Å². The van der Waals surface area contributed by atoms with E-state index in [1.807, 2.05) is 0 Å². The second-order valence-electron chi connectivity index (χ2n) is 0.0913. The molecule has 4 N–H and O–H groups in total. The summed E-state index contributed by atoms with van der Waals surface area (Å²) in [5.74, 6) is 0. The third kappa shape index (κ3) is 154. The minimum absolute atomic E-state index is 0. The molecule has 6 heavy (non-hydrogen) atoms. The first-order valence-corrected chi connectivity index (χ1v) is 0.836. The zero-order valence-corrected chi connectivity index (χ0v) is 6.17. The first kappa shape index (κ1) is 30.4. The van der Waals surface area contributed by atoms with Crippen LogP contribution in [0.2, 0.25) is 0 Å². The Morgan fingerprint density at radius 3 is 1.33 bits per heavy atom. The molecule has 32 valence electrons. The van der Waals surface area contributed by atoms with Crippen LogP contribution in [0.25, 0.3) is 0 Å². The van der Waals surface area contributed by atoms with E-state index in [0.29, 0.717) is 0 Å². The zero-order valence-electron chi connectivity index (χ0n) is 3.36. The number of thiocyanates is 1. The van der Waals surface area contributed by atoms with E-state index in [1.54, 1.807) is 0 Å². The molecule has 0 radical (unpaired) electrons. The summed E-state index contributed by atoms with van der Waals surface area (Å²) in [6.45, 7) is 0. The van der Waals surface area contributed by atoms with Crippen LogP contribution in [-0.4, -0.2) is 11.0 Å². The van der Waals surface area contributed by atoms with Gasteiger partial charge in [-0.1, -0.05) is 5.40 Å². The summed E-state index contributed by atoms with van der Waals surface area (Å²) >= 11 is 3.70. The van der Waals surface area contributed by atoms with Crippen molar-refractivity contribution in [3.8, 4) is 5.40 Å². The van der Waals surface area contributed by atoms with Crippen LogP contribution in [0.3, 0.4) is 0 Å². The normalized spacial score (nSPS) is 1.17. The predicted molar refractivity (Wildman–Crippen MR) is 20.2 cm³/mol. The van der Waals surface area contributed by atoms with Gasteiger partial charge in [0.05, 0.1) is 0 Å². The largest absolute Gasteiger partial charge is 1.00 e. The van der Waals surface area contributed by atoms with Crippen LogP contribution in [0.5, 0.6) is 0 Å². The van der Waals surface area contributed by atoms with Crippen LogP contribution < -0.4 is 29.6 Å². The molecule has 0 heterocycles. The number of hydrogen-bond acceptors (Lipinski definition) is 2. The summed E-state index contributed by atoms with van der Waals surface area (Å²) in [4.78, 5) is 0. The standard InChI is InChI=1S/CHNS.Na.2H2O/c2-1-3;;;/h3H;;2*1H2/q;+1;;/p-1. The number of nitrogens with zero attached hydrogens (tertiary/aromatic N) is 1. The molecule has 0 aliphatic heterocycles. The molecule has 0 fully saturated rings. The van der Waals surface area contributed by atoms with E-state index < -0.39 is 0 Å².